The van der Waals surface area contributed by atoms with E-state index < -0.39 is 0 Å². The van der Waals surface area contributed by atoms with Gasteiger partial charge < -0.3 is 15.1 Å². The lowest BCUT2D eigenvalue weighted by Gasteiger charge is -2.30. The number of nitrogens with zero attached hydrogens (tertiary/aromatic N) is 2. The zero-order valence-electron chi connectivity index (χ0n) is 11.1. The van der Waals surface area contributed by atoms with E-state index >= 15 is 0 Å². The van der Waals surface area contributed by atoms with Crippen LogP contribution in [0, 0.1) is 11.3 Å². The predicted octanol–water partition coefficient (Wildman–Crippen LogP) is 0.869. The molecule has 2 rings (SSSR count). The van der Waals surface area contributed by atoms with E-state index in [4.69, 9.17) is 0 Å². The van der Waals surface area contributed by atoms with Gasteiger partial charge in [0.15, 0.2) is 0 Å². The van der Waals surface area contributed by atoms with Crippen LogP contribution in [0.2, 0.25) is 0 Å². The van der Waals surface area contributed by atoms with Crippen molar-refractivity contribution in [3.63, 3.8) is 0 Å². The van der Waals surface area contributed by atoms with E-state index in [1.54, 1.807) is 0 Å². The van der Waals surface area contributed by atoms with Gasteiger partial charge in [-0.2, -0.15) is 0 Å². The second kappa shape index (κ2) is 5.03. The normalized spacial score (nSPS) is 36.4. The summed E-state index contributed by atoms with van der Waals surface area (Å²) < 4.78 is 0. The third-order valence-corrected chi connectivity index (χ3v) is 4.17. The number of nitrogens with one attached hydrogen (secondary N) is 1. The molecule has 0 saturated carbocycles. The van der Waals surface area contributed by atoms with E-state index in [0.717, 1.165) is 5.92 Å². The number of hydrogen-bond donors (Lipinski definition) is 1. The maximum Gasteiger partial charge on any atom is 0.00450 e. The number of hydrogen-bond acceptors (Lipinski definition) is 3. The number of rotatable bonds is 4. The molecule has 0 aromatic heterocycles. The van der Waals surface area contributed by atoms with Gasteiger partial charge in [-0.25, -0.2) is 0 Å². The molecule has 2 heterocycles. The van der Waals surface area contributed by atoms with Crippen LogP contribution in [0.25, 0.3) is 0 Å². The molecule has 2 aliphatic rings. The van der Waals surface area contributed by atoms with Crippen LogP contribution < -0.4 is 5.32 Å². The molecule has 0 aromatic carbocycles. The van der Waals surface area contributed by atoms with Crippen molar-refractivity contribution in [3.05, 3.63) is 0 Å². The van der Waals surface area contributed by atoms with Crippen LogP contribution in [-0.4, -0.2) is 63.2 Å². The first-order valence-electron chi connectivity index (χ1n) is 6.65. The van der Waals surface area contributed by atoms with Gasteiger partial charge in [-0.3, -0.25) is 0 Å². The van der Waals surface area contributed by atoms with Gasteiger partial charge in [0.25, 0.3) is 0 Å². The molecule has 2 saturated heterocycles. The van der Waals surface area contributed by atoms with Gasteiger partial charge in [-0.1, -0.05) is 6.92 Å². The first-order chi connectivity index (χ1) is 7.57. The average Bonchev–Trinajstić information content (AvgIpc) is 2.75. The maximum atomic E-state index is 3.48. The quantitative estimate of drug-likeness (QED) is 0.766. The Morgan fingerprint density at radius 1 is 1.50 bits per heavy atom. The summed E-state index contributed by atoms with van der Waals surface area (Å²) in [4.78, 5) is 5.01. The summed E-state index contributed by atoms with van der Waals surface area (Å²) in [6, 6.07) is 0. The van der Waals surface area contributed by atoms with Crippen molar-refractivity contribution in [3.8, 4) is 0 Å². The first kappa shape index (κ1) is 12.3. The first-order valence-corrected chi connectivity index (χ1v) is 6.65. The van der Waals surface area contributed by atoms with E-state index in [9.17, 15) is 0 Å². The lowest BCUT2D eigenvalue weighted by molar-refractivity contribution is 0.186. The summed E-state index contributed by atoms with van der Waals surface area (Å²) in [5, 5.41) is 3.48. The molecule has 16 heavy (non-hydrogen) atoms. The molecule has 0 amide bonds. The van der Waals surface area contributed by atoms with Crippen LogP contribution in [0.3, 0.4) is 0 Å². The van der Waals surface area contributed by atoms with Crippen LogP contribution in [0.15, 0.2) is 0 Å². The molecule has 94 valence electrons. The van der Waals surface area contributed by atoms with Gasteiger partial charge >= 0.3 is 0 Å². The molecule has 0 radical (unpaired) electrons. The summed E-state index contributed by atoms with van der Waals surface area (Å²) in [6.07, 6.45) is 2.72. The highest BCUT2D eigenvalue weighted by molar-refractivity contribution is 4.87. The van der Waals surface area contributed by atoms with Crippen LogP contribution in [0.4, 0.5) is 0 Å². The van der Waals surface area contributed by atoms with Gasteiger partial charge in [0.05, 0.1) is 0 Å². The van der Waals surface area contributed by atoms with Gasteiger partial charge in [-0.05, 0) is 51.4 Å². The van der Waals surface area contributed by atoms with E-state index in [0.29, 0.717) is 5.41 Å². The van der Waals surface area contributed by atoms with Gasteiger partial charge in [0, 0.05) is 26.2 Å². The lowest BCUT2D eigenvalue weighted by atomic mass is 9.89. The minimum atomic E-state index is 0.513. The summed E-state index contributed by atoms with van der Waals surface area (Å²) in [7, 11) is 4.53. The molecule has 2 atom stereocenters. The molecule has 0 aromatic rings. The molecular weight excluding hydrogens is 198 g/mol. The van der Waals surface area contributed by atoms with Crippen molar-refractivity contribution in [1.29, 1.82) is 0 Å². The standard InChI is InChI=1S/C13H27N3/c1-13(5-6-14-10-13)11-16(3)9-12-4-7-15(2)8-12/h12,14H,4-11H2,1-3H3. The van der Waals surface area contributed by atoms with Crippen molar-refractivity contribution in [2.24, 2.45) is 11.3 Å². The van der Waals surface area contributed by atoms with Crippen molar-refractivity contribution in [2.45, 2.75) is 19.8 Å². The minimum Gasteiger partial charge on any atom is -0.316 e. The highest BCUT2D eigenvalue weighted by atomic mass is 15.2. The zero-order chi connectivity index (χ0) is 11.6. The Hall–Kier alpha value is -0.120. The molecule has 0 spiro atoms. The Bertz CT molecular complexity index is 223. The van der Waals surface area contributed by atoms with Crippen molar-refractivity contribution in [1.82, 2.24) is 15.1 Å². The Labute approximate surface area is 100 Å². The average molecular weight is 225 g/mol. The van der Waals surface area contributed by atoms with Crippen LogP contribution in [0.1, 0.15) is 19.8 Å². The van der Waals surface area contributed by atoms with Gasteiger partial charge in [0.2, 0.25) is 0 Å². The summed E-state index contributed by atoms with van der Waals surface area (Å²) >= 11 is 0. The second-order valence-corrected chi connectivity index (χ2v) is 6.35. The van der Waals surface area contributed by atoms with Gasteiger partial charge in [0.1, 0.15) is 0 Å². The predicted molar refractivity (Wildman–Crippen MR) is 68.7 cm³/mol. The molecule has 1 N–H and O–H groups in total. The summed E-state index contributed by atoms with van der Waals surface area (Å²) in [6.45, 7) is 9.93. The molecule has 2 fully saturated rings. The van der Waals surface area contributed by atoms with Crippen LogP contribution >= 0.6 is 0 Å². The SMILES string of the molecule is CN1CCC(CN(C)CC2(C)CCNC2)C1. The Balaban J connectivity index is 1.73. The third kappa shape index (κ3) is 3.19. The largest absolute Gasteiger partial charge is 0.316 e. The molecule has 2 aliphatic heterocycles. The summed E-state index contributed by atoms with van der Waals surface area (Å²) in [5.74, 6) is 0.896. The van der Waals surface area contributed by atoms with E-state index in [1.165, 1.54) is 52.1 Å². The Kier molecular flexibility index (Phi) is 3.88. The van der Waals surface area contributed by atoms with Crippen LogP contribution in [0.5, 0.6) is 0 Å². The molecule has 2 unspecified atom stereocenters. The zero-order valence-corrected chi connectivity index (χ0v) is 11.1. The molecule has 0 bridgehead atoms. The fourth-order valence-electron chi connectivity index (χ4n) is 3.34. The highest BCUT2D eigenvalue weighted by Gasteiger charge is 2.30. The highest BCUT2D eigenvalue weighted by Crippen LogP contribution is 2.26. The van der Waals surface area contributed by atoms with E-state index in [-0.39, 0.29) is 0 Å². The van der Waals surface area contributed by atoms with E-state index in [2.05, 4.69) is 36.1 Å². The molecule has 0 aliphatic carbocycles. The molecule has 3 heteroatoms. The second-order valence-electron chi connectivity index (χ2n) is 6.35. The Morgan fingerprint density at radius 2 is 2.31 bits per heavy atom. The van der Waals surface area contributed by atoms with E-state index in [1.807, 2.05) is 0 Å². The maximum absolute atomic E-state index is 3.48. The Morgan fingerprint density at radius 3 is 2.88 bits per heavy atom. The fraction of sp³-hybridized carbons (Fsp3) is 1.00. The summed E-state index contributed by atoms with van der Waals surface area (Å²) in [5.41, 5.74) is 0.513. The molecular formula is C13H27N3. The lowest BCUT2D eigenvalue weighted by Crippen LogP contribution is -2.38. The fourth-order valence-corrected chi connectivity index (χ4v) is 3.34. The molecule has 3 nitrogen and oxygen atoms in total. The third-order valence-electron chi connectivity index (χ3n) is 4.17. The van der Waals surface area contributed by atoms with Crippen molar-refractivity contribution < 1.29 is 0 Å². The topological polar surface area (TPSA) is 18.5 Å². The minimum absolute atomic E-state index is 0.513. The van der Waals surface area contributed by atoms with Crippen LogP contribution in [-0.2, 0) is 0 Å². The monoisotopic (exact) mass is 225 g/mol. The van der Waals surface area contributed by atoms with Gasteiger partial charge in [-0.15, -0.1) is 0 Å². The number of likely N-dealkylation sites (tertiary alicyclic amines) is 1. The van der Waals surface area contributed by atoms with Crippen molar-refractivity contribution >= 4 is 0 Å². The smallest absolute Gasteiger partial charge is 0.00450 e. The van der Waals surface area contributed by atoms with Crippen molar-refractivity contribution in [2.75, 3.05) is 53.4 Å².